The standard InChI is InChI=1S/C14H10N2O3S/c15-9-12-2-1-3-13(8-12)16-20(18,19)14-6-4-11(10-17)5-7-14/h1-8,10,16H. The summed E-state index contributed by atoms with van der Waals surface area (Å²) >= 11 is 0. The van der Waals surface area contributed by atoms with Gasteiger partial charge in [-0.2, -0.15) is 5.26 Å². The maximum atomic E-state index is 12.1. The molecule has 2 aromatic carbocycles. The fourth-order valence-corrected chi connectivity index (χ4v) is 2.64. The molecule has 0 unspecified atom stereocenters. The van der Waals surface area contributed by atoms with Gasteiger partial charge in [0.1, 0.15) is 6.29 Å². The summed E-state index contributed by atoms with van der Waals surface area (Å²) in [7, 11) is -3.74. The van der Waals surface area contributed by atoms with Gasteiger partial charge in [0.05, 0.1) is 22.2 Å². The third-order valence-corrected chi connectivity index (χ3v) is 3.97. The van der Waals surface area contributed by atoms with Crippen LogP contribution >= 0.6 is 0 Å². The number of aldehydes is 1. The lowest BCUT2D eigenvalue weighted by molar-refractivity contribution is 0.112. The van der Waals surface area contributed by atoms with E-state index in [4.69, 9.17) is 5.26 Å². The van der Waals surface area contributed by atoms with E-state index in [-0.39, 0.29) is 4.90 Å². The summed E-state index contributed by atoms with van der Waals surface area (Å²) in [5.74, 6) is 0. The number of benzene rings is 2. The number of carbonyl (C=O) groups is 1. The zero-order valence-electron chi connectivity index (χ0n) is 10.3. The third-order valence-electron chi connectivity index (χ3n) is 2.57. The molecule has 0 aliphatic rings. The van der Waals surface area contributed by atoms with E-state index in [2.05, 4.69) is 4.72 Å². The highest BCUT2D eigenvalue weighted by Crippen LogP contribution is 2.17. The summed E-state index contributed by atoms with van der Waals surface area (Å²) in [4.78, 5) is 10.6. The smallest absolute Gasteiger partial charge is 0.261 e. The topological polar surface area (TPSA) is 87.0 Å². The number of sulfonamides is 1. The minimum Gasteiger partial charge on any atom is -0.298 e. The van der Waals surface area contributed by atoms with Crippen LogP contribution in [-0.4, -0.2) is 14.7 Å². The van der Waals surface area contributed by atoms with E-state index in [9.17, 15) is 13.2 Å². The molecular weight excluding hydrogens is 276 g/mol. The Morgan fingerprint density at radius 2 is 1.80 bits per heavy atom. The molecule has 0 amide bonds. The van der Waals surface area contributed by atoms with Gasteiger partial charge in [-0.05, 0) is 30.3 Å². The molecule has 2 rings (SSSR count). The van der Waals surface area contributed by atoms with E-state index in [1.807, 2.05) is 6.07 Å². The molecule has 5 nitrogen and oxygen atoms in total. The van der Waals surface area contributed by atoms with E-state index in [0.717, 1.165) is 0 Å². The van der Waals surface area contributed by atoms with E-state index in [1.54, 1.807) is 18.2 Å². The molecule has 0 aliphatic heterocycles. The number of carbonyl (C=O) groups excluding carboxylic acids is 1. The fraction of sp³-hybridized carbons (Fsp3) is 0. The van der Waals surface area contributed by atoms with Crippen molar-refractivity contribution in [2.75, 3.05) is 4.72 Å². The Morgan fingerprint density at radius 3 is 2.40 bits per heavy atom. The van der Waals surface area contributed by atoms with Crippen LogP contribution in [0.1, 0.15) is 15.9 Å². The average Bonchev–Trinajstić information content (AvgIpc) is 2.47. The summed E-state index contributed by atoms with van der Waals surface area (Å²) in [6, 6.07) is 13.6. The Balaban J connectivity index is 2.30. The van der Waals surface area contributed by atoms with Crippen LogP contribution in [0.3, 0.4) is 0 Å². The lowest BCUT2D eigenvalue weighted by atomic mass is 10.2. The molecule has 20 heavy (non-hydrogen) atoms. The molecule has 6 heteroatoms. The molecule has 0 spiro atoms. The first-order valence-electron chi connectivity index (χ1n) is 5.63. The normalized spacial score (nSPS) is 10.6. The van der Waals surface area contributed by atoms with Crippen molar-refractivity contribution in [1.29, 1.82) is 5.26 Å². The van der Waals surface area contributed by atoms with Gasteiger partial charge in [0.25, 0.3) is 10.0 Å². The van der Waals surface area contributed by atoms with Gasteiger partial charge in [0.15, 0.2) is 0 Å². The Morgan fingerprint density at radius 1 is 1.10 bits per heavy atom. The van der Waals surface area contributed by atoms with Crippen molar-refractivity contribution in [3.8, 4) is 6.07 Å². The van der Waals surface area contributed by atoms with Crippen LogP contribution in [0.2, 0.25) is 0 Å². The highest BCUT2D eigenvalue weighted by Gasteiger charge is 2.14. The van der Waals surface area contributed by atoms with Gasteiger partial charge in [0, 0.05) is 5.56 Å². The van der Waals surface area contributed by atoms with Crippen LogP contribution < -0.4 is 4.72 Å². The van der Waals surface area contributed by atoms with Crippen LogP contribution in [-0.2, 0) is 10.0 Å². The second-order valence-electron chi connectivity index (χ2n) is 3.98. The summed E-state index contributed by atoms with van der Waals surface area (Å²) in [6.45, 7) is 0. The Hall–Kier alpha value is -2.65. The molecule has 2 aromatic rings. The first-order chi connectivity index (χ1) is 9.55. The molecule has 0 aromatic heterocycles. The lowest BCUT2D eigenvalue weighted by Gasteiger charge is -2.08. The first-order valence-corrected chi connectivity index (χ1v) is 7.12. The number of nitrogens with one attached hydrogen (secondary N) is 1. The van der Waals surface area contributed by atoms with Gasteiger partial charge >= 0.3 is 0 Å². The Kier molecular flexibility index (Phi) is 3.82. The number of anilines is 1. The van der Waals surface area contributed by atoms with Crippen LogP contribution in [0.4, 0.5) is 5.69 Å². The summed E-state index contributed by atoms with van der Waals surface area (Å²) in [5, 5.41) is 8.77. The van der Waals surface area contributed by atoms with Gasteiger partial charge in [-0.15, -0.1) is 0 Å². The van der Waals surface area contributed by atoms with Crippen molar-refractivity contribution in [1.82, 2.24) is 0 Å². The fourth-order valence-electron chi connectivity index (χ4n) is 1.59. The molecule has 1 N–H and O–H groups in total. The molecule has 0 saturated heterocycles. The van der Waals surface area contributed by atoms with Crippen LogP contribution in [0.25, 0.3) is 0 Å². The summed E-state index contributed by atoms with van der Waals surface area (Å²) < 4.78 is 26.6. The average molecular weight is 286 g/mol. The van der Waals surface area contributed by atoms with Gasteiger partial charge in [0.2, 0.25) is 0 Å². The van der Waals surface area contributed by atoms with Crippen molar-refractivity contribution in [3.63, 3.8) is 0 Å². The van der Waals surface area contributed by atoms with Gasteiger partial charge in [-0.3, -0.25) is 9.52 Å². The predicted molar refractivity (Wildman–Crippen MR) is 73.8 cm³/mol. The number of nitrogens with zero attached hydrogens (tertiary/aromatic N) is 1. The first kappa shape index (κ1) is 13.8. The Bertz CT molecular complexity index is 775. The number of hydrogen-bond donors (Lipinski definition) is 1. The van der Waals surface area contributed by atoms with Crippen molar-refractivity contribution in [2.45, 2.75) is 4.90 Å². The molecule has 0 saturated carbocycles. The molecule has 100 valence electrons. The van der Waals surface area contributed by atoms with Crippen molar-refractivity contribution in [2.24, 2.45) is 0 Å². The second-order valence-corrected chi connectivity index (χ2v) is 5.67. The summed E-state index contributed by atoms with van der Waals surface area (Å²) in [6.07, 6.45) is 0.639. The molecular formula is C14H10N2O3S. The monoisotopic (exact) mass is 286 g/mol. The number of hydrogen-bond acceptors (Lipinski definition) is 4. The molecule has 0 aliphatic carbocycles. The minimum atomic E-state index is -3.74. The van der Waals surface area contributed by atoms with E-state index >= 15 is 0 Å². The third kappa shape index (κ3) is 3.02. The van der Waals surface area contributed by atoms with Crippen LogP contribution in [0.5, 0.6) is 0 Å². The van der Waals surface area contributed by atoms with Gasteiger partial charge in [-0.1, -0.05) is 18.2 Å². The lowest BCUT2D eigenvalue weighted by Crippen LogP contribution is -2.13. The van der Waals surface area contributed by atoms with E-state index < -0.39 is 10.0 Å². The zero-order valence-corrected chi connectivity index (χ0v) is 11.1. The van der Waals surface area contributed by atoms with Crippen LogP contribution in [0.15, 0.2) is 53.4 Å². The van der Waals surface area contributed by atoms with Gasteiger partial charge in [-0.25, -0.2) is 8.42 Å². The molecule has 0 fully saturated rings. The molecule has 0 atom stereocenters. The highest BCUT2D eigenvalue weighted by molar-refractivity contribution is 7.92. The van der Waals surface area contributed by atoms with Crippen molar-refractivity contribution in [3.05, 3.63) is 59.7 Å². The Labute approximate surface area is 116 Å². The highest BCUT2D eigenvalue weighted by atomic mass is 32.2. The zero-order chi connectivity index (χ0) is 14.6. The predicted octanol–water partition coefficient (Wildman–Crippen LogP) is 2.17. The largest absolute Gasteiger partial charge is 0.298 e. The van der Waals surface area contributed by atoms with E-state index in [1.165, 1.54) is 30.3 Å². The van der Waals surface area contributed by atoms with E-state index in [0.29, 0.717) is 23.1 Å². The maximum Gasteiger partial charge on any atom is 0.261 e. The van der Waals surface area contributed by atoms with Gasteiger partial charge < -0.3 is 0 Å². The minimum absolute atomic E-state index is 0.0467. The SMILES string of the molecule is N#Cc1cccc(NS(=O)(=O)c2ccc(C=O)cc2)c1. The molecule has 0 radical (unpaired) electrons. The maximum absolute atomic E-state index is 12.1. The number of nitriles is 1. The number of rotatable bonds is 4. The summed E-state index contributed by atoms with van der Waals surface area (Å²) in [5.41, 5.74) is 1.07. The molecule has 0 bridgehead atoms. The second kappa shape index (κ2) is 5.55. The van der Waals surface area contributed by atoms with Crippen molar-refractivity contribution < 1.29 is 13.2 Å². The van der Waals surface area contributed by atoms with Crippen LogP contribution in [0, 0.1) is 11.3 Å². The molecule has 0 heterocycles. The quantitative estimate of drug-likeness (QED) is 0.872. The van der Waals surface area contributed by atoms with Crippen molar-refractivity contribution >= 4 is 22.0 Å².